The molecule has 0 bridgehead atoms. The van der Waals surface area contributed by atoms with Crippen molar-refractivity contribution in [2.75, 3.05) is 0 Å². The Balaban J connectivity index is 2.01. The minimum absolute atomic E-state index is 0.236. The van der Waals surface area contributed by atoms with Crippen molar-refractivity contribution in [3.8, 4) is 11.5 Å². The summed E-state index contributed by atoms with van der Waals surface area (Å²) < 4.78 is 0. The summed E-state index contributed by atoms with van der Waals surface area (Å²) in [4.78, 5) is 14.1. The van der Waals surface area contributed by atoms with Gasteiger partial charge < -0.3 is 15.5 Å². The van der Waals surface area contributed by atoms with Crippen LogP contribution < -0.4 is 5.32 Å². The van der Waals surface area contributed by atoms with Crippen LogP contribution in [0.25, 0.3) is 0 Å². The van der Waals surface area contributed by atoms with E-state index in [4.69, 9.17) is 5.11 Å². The molecule has 1 aromatic carbocycles. The highest BCUT2D eigenvalue weighted by molar-refractivity contribution is 7.11. The molecular formula is C13H13NO3S. The molecule has 0 aliphatic rings. The van der Waals surface area contributed by atoms with E-state index in [1.165, 1.54) is 23.1 Å². The van der Waals surface area contributed by atoms with E-state index >= 15 is 0 Å². The van der Waals surface area contributed by atoms with Gasteiger partial charge >= 0.3 is 0 Å². The van der Waals surface area contributed by atoms with E-state index < -0.39 is 0 Å². The van der Waals surface area contributed by atoms with E-state index in [1.54, 1.807) is 11.3 Å². The number of hydrogen-bond donors (Lipinski definition) is 3. The predicted molar refractivity (Wildman–Crippen MR) is 70.0 cm³/mol. The zero-order valence-electron chi connectivity index (χ0n) is 9.80. The molecule has 2 aromatic rings. The lowest BCUT2D eigenvalue weighted by atomic mass is 10.2. The molecule has 3 N–H and O–H groups in total. The van der Waals surface area contributed by atoms with Gasteiger partial charge in [-0.05, 0) is 37.3 Å². The van der Waals surface area contributed by atoms with Crippen molar-refractivity contribution in [3.63, 3.8) is 0 Å². The third kappa shape index (κ3) is 2.81. The maximum Gasteiger partial charge on any atom is 0.251 e. The van der Waals surface area contributed by atoms with E-state index in [-0.39, 0.29) is 17.4 Å². The topological polar surface area (TPSA) is 69.6 Å². The molecular weight excluding hydrogens is 250 g/mol. The highest BCUT2D eigenvalue weighted by atomic mass is 32.1. The first-order valence-electron chi connectivity index (χ1n) is 5.42. The number of nitrogens with one attached hydrogen (secondary N) is 1. The summed E-state index contributed by atoms with van der Waals surface area (Å²) in [7, 11) is 0. The predicted octanol–water partition coefficient (Wildman–Crippen LogP) is 2.40. The smallest absolute Gasteiger partial charge is 0.251 e. The summed E-state index contributed by atoms with van der Waals surface area (Å²) in [6.07, 6.45) is 0. The number of aryl methyl sites for hydroxylation is 1. The van der Waals surface area contributed by atoms with Crippen LogP contribution in [0.4, 0.5) is 0 Å². The number of phenols is 2. The van der Waals surface area contributed by atoms with Crippen LogP contribution in [0.15, 0.2) is 30.3 Å². The molecule has 0 unspecified atom stereocenters. The van der Waals surface area contributed by atoms with Crippen molar-refractivity contribution in [1.29, 1.82) is 0 Å². The molecule has 0 saturated heterocycles. The van der Waals surface area contributed by atoms with Crippen LogP contribution in [0.1, 0.15) is 20.1 Å². The van der Waals surface area contributed by atoms with Crippen LogP contribution >= 0.6 is 11.3 Å². The number of phenolic OH excluding ortho intramolecular Hbond substituents is 2. The average Bonchev–Trinajstić information content (AvgIpc) is 2.75. The molecule has 1 heterocycles. The molecule has 4 nitrogen and oxygen atoms in total. The zero-order chi connectivity index (χ0) is 13.1. The Morgan fingerprint density at radius 1 is 1.22 bits per heavy atom. The minimum Gasteiger partial charge on any atom is -0.504 e. The third-order valence-electron chi connectivity index (χ3n) is 2.46. The second kappa shape index (κ2) is 5.10. The number of carbonyl (C=O) groups is 1. The molecule has 94 valence electrons. The molecule has 0 spiro atoms. The lowest BCUT2D eigenvalue weighted by Crippen LogP contribution is -2.22. The number of carbonyl (C=O) groups excluding carboxylic acids is 1. The fourth-order valence-electron chi connectivity index (χ4n) is 1.51. The molecule has 1 amide bonds. The highest BCUT2D eigenvalue weighted by Crippen LogP contribution is 2.24. The number of thiophene rings is 1. The first kappa shape index (κ1) is 12.4. The summed E-state index contributed by atoms with van der Waals surface area (Å²) >= 11 is 1.63. The Kier molecular flexibility index (Phi) is 3.53. The van der Waals surface area contributed by atoms with Crippen LogP contribution in [0.5, 0.6) is 11.5 Å². The third-order valence-corrected chi connectivity index (χ3v) is 3.46. The summed E-state index contributed by atoms with van der Waals surface area (Å²) in [5.74, 6) is -0.814. The number of amides is 1. The van der Waals surface area contributed by atoms with E-state index in [9.17, 15) is 9.90 Å². The van der Waals surface area contributed by atoms with Gasteiger partial charge in [-0.25, -0.2) is 0 Å². The monoisotopic (exact) mass is 263 g/mol. The van der Waals surface area contributed by atoms with Gasteiger partial charge in [0.05, 0.1) is 6.54 Å². The molecule has 18 heavy (non-hydrogen) atoms. The van der Waals surface area contributed by atoms with Gasteiger partial charge in [0.1, 0.15) is 0 Å². The standard InChI is InChI=1S/C13H13NO3S/c1-8-2-4-10(18-8)7-14-13(17)9-3-5-11(15)12(16)6-9/h2-6,15-16H,7H2,1H3,(H,14,17). The summed E-state index contributed by atoms with van der Waals surface area (Å²) in [5.41, 5.74) is 0.318. The van der Waals surface area contributed by atoms with Crippen LogP contribution in [0, 0.1) is 6.92 Å². The van der Waals surface area contributed by atoms with Gasteiger partial charge in [-0.15, -0.1) is 11.3 Å². The molecule has 1 aromatic heterocycles. The minimum atomic E-state index is -0.297. The molecule has 0 fully saturated rings. The van der Waals surface area contributed by atoms with Crippen molar-refractivity contribution in [2.24, 2.45) is 0 Å². The first-order valence-corrected chi connectivity index (χ1v) is 6.23. The van der Waals surface area contributed by atoms with Crippen molar-refractivity contribution in [1.82, 2.24) is 5.32 Å². The van der Waals surface area contributed by atoms with Gasteiger partial charge in [-0.2, -0.15) is 0 Å². The van der Waals surface area contributed by atoms with Crippen LogP contribution in [0.3, 0.4) is 0 Å². The van der Waals surface area contributed by atoms with Crippen LogP contribution in [-0.2, 0) is 6.54 Å². The summed E-state index contributed by atoms with van der Waals surface area (Å²) in [5, 5.41) is 21.2. The fourth-order valence-corrected chi connectivity index (χ4v) is 2.34. The Morgan fingerprint density at radius 3 is 2.61 bits per heavy atom. The maximum atomic E-state index is 11.8. The van der Waals surface area contributed by atoms with Gasteiger partial charge in [-0.3, -0.25) is 4.79 Å². The van der Waals surface area contributed by atoms with Crippen molar-refractivity contribution >= 4 is 17.2 Å². The molecule has 0 saturated carbocycles. The summed E-state index contributed by atoms with van der Waals surface area (Å²) in [6, 6.07) is 7.96. The van der Waals surface area contributed by atoms with E-state index in [0.29, 0.717) is 12.1 Å². The van der Waals surface area contributed by atoms with Gasteiger partial charge in [0, 0.05) is 15.3 Å². The second-order valence-electron chi connectivity index (χ2n) is 3.90. The van der Waals surface area contributed by atoms with Crippen molar-refractivity contribution < 1.29 is 15.0 Å². The Morgan fingerprint density at radius 2 is 2.00 bits per heavy atom. The van der Waals surface area contributed by atoms with Gasteiger partial charge in [0.25, 0.3) is 5.91 Å². The van der Waals surface area contributed by atoms with E-state index in [1.807, 2.05) is 19.1 Å². The zero-order valence-corrected chi connectivity index (χ0v) is 10.6. The van der Waals surface area contributed by atoms with E-state index in [2.05, 4.69) is 5.32 Å². The molecule has 0 aliphatic carbocycles. The molecule has 5 heteroatoms. The van der Waals surface area contributed by atoms with Crippen LogP contribution in [0.2, 0.25) is 0 Å². The Hall–Kier alpha value is -2.01. The average molecular weight is 263 g/mol. The maximum absolute atomic E-state index is 11.8. The molecule has 2 rings (SSSR count). The number of rotatable bonds is 3. The van der Waals surface area contributed by atoms with Gasteiger partial charge in [0.2, 0.25) is 0 Å². The molecule has 0 radical (unpaired) electrons. The van der Waals surface area contributed by atoms with Crippen LogP contribution in [-0.4, -0.2) is 16.1 Å². The first-order chi connectivity index (χ1) is 8.56. The number of benzene rings is 1. The Bertz CT molecular complexity index is 577. The SMILES string of the molecule is Cc1ccc(CNC(=O)c2ccc(O)c(O)c2)s1. The molecule has 0 atom stereocenters. The highest BCUT2D eigenvalue weighted by Gasteiger charge is 2.08. The quantitative estimate of drug-likeness (QED) is 0.745. The van der Waals surface area contributed by atoms with Crippen molar-refractivity contribution in [2.45, 2.75) is 13.5 Å². The largest absolute Gasteiger partial charge is 0.504 e. The lowest BCUT2D eigenvalue weighted by molar-refractivity contribution is 0.0951. The Labute approximate surface area is 109 Å². The normalized spacial score (nSPS) is 10.3. The number of aromatic hydroxyl groups is 2. The fraction of sp³-hybridized carbons (Fsp3) is 0.154. The summed E-state index contributed by atoms with van der Waals surface area (Å²) in [6.45, 7) is 2.47. The van der Waals surface area contributed by atoms with Gasteiger partial charge in [-0.1, -0.05) is 0 Å². The number of hydrogen-bond acceptors (Lipinski definition) is 4. The van der Waals surface area contributed by atoms with Gasteiger partial charge in [0.15, 0.2) is 11.5 Å². The second-order valence-corrected chi connectivity index (χ2v) is 5.27. The molecule has 0 aliphatic heterocycles. The van der Waals surface area contributed by atoms with E-state index in [0.717, 1.165) is 4.88 Å². The lowest BCUT2D eigenvalue weighted by Gasteiger charge is -2.05. The van der Waals surface area contributed by atoms with Crippen molar-refractivity contribution in [3.05, 3.63) is 45.6 Å².